The third-order valence-electron chi connectivity index (χ3n) is 3.57. The molecule has 0 aliphatic rings. The highest BCUT2D eigenvalue weighted by atomic mass is 16.5. The zero-order valence-electron chi connectivity index (χ0n) is 11.6. The van der Waals surface area contributed by atoms with Crippen molar-refractivity contribution in [2.24, 2.45) is 5.73 Å². The Morgan fingerprint density at radius 2 is 2.05 bits per heavy atom. The van der Waals surface area contributed by atoms with Crippen LogP contribution < -0.4 is 10.5 Å². The van der Waals surface area contributed by atoms with Crippen molar-refractivity contribution < 1.29 is 4.74 Å². The zero-order valence-corrected chi connectivity index (χ0v) is 11.6. The molecule has 1 unspecified atom stereocenters. The van der Waals surface area contributed by atoms with Gasteiger partial charge in [0.15, 0.2) is 0 Å². The van der Waals surface area contributed by atoms with Gasteiger partial charge >= 0.3 is 0 Å². The predicted octanol–water partition coefficient (Wildman–Crippen LogP) is 3.14. The number of nitrogens with one attached hydrogen (secondary N) is 1. The van der Waals surface area contributed by atoms with Crippen molar-refractivity contribution in [1.82, 2.24) is 4.98 Å². The first-order valence-corrected chi connectivity index (χ1v) is 6.74. The SMILES string of the molecule is Cc1cccc(OCC(CCN)c2ccc[nH]2)c1C. The third-order valence-corrected chi connectivity index (χ3v) is 3.57. The van der Waals surface area contributed by atoms with Gasteiger partial charge in [-0.05, 0) is 56.1 Å². The fraction of sp³-hybridized carbons (Fsp3) is 0.375. The highest BCUT2D eigenvalue weighted by molar-refractivity contribution is 5.38. The van der Waals surface area contributed by atoms with E-state index in [9.17, 15) is 0 Å². The second kappa shape index (κ2) is 6.43. The Kier molecular flexibility index (Phi) is 4.63. The molecule has 2 rings (SSSR count). The number of ether oxygens (including phenoxy) is 1. The second-order valence-corrected chi connectivity index (χ2v) is 4.91. The summed E-state index contributed by atoms with van der Waals surface area (Å²) in [5, 5.41) is 0. The molecule has 0 fully saturated rings. The predicted molar refractivity (Wildman–Crippen MR) is 78.6 cm³/mol. The van der Waals surface area contributed by atoms with Gasteiger partial charge < -0.3 is 15.5 Å². The molecule has 0 radical (unpaired) electrons. The molecule has 0 amide bonds. The van der Waals surface area contributed by atoms with Gasteiger partial charge in [-0.15, -0.1) is 0 Å². The van der Waals surface area contributed by atoms with E-state index in [1.165, 1.54) is 16.8 Å². The summed E-state index contributed by atoms with van der Waals surface area (Å²) in [6.07, 6.45) is 2.86. The molecule has 102 valence electrons. The molecule has 1 heterocycles. The summed E-state index contributed by atoms with van der Waals surface area (Å²) in [6, 6.07) is 10.3. The Morgan fingerprint density at radius 3 is 2.74 bits per heavy atom. The molecule has 0 saturated heterocycles. The maximum Gasteiger partial charge on any atom is 0.122 e. The molecule has 0 bridgehead atoms. The van der Waals surface area contributed by atoms with E-state index in [2.05, 4.69) is 31.0 Å². The van der Waals surface area contributed by atoms with Gasteiger partial charge in [-0.1, -0.05) is 12.1 Å². The Morgan fingerprint density at radius 1 is 1.21 bits per heavy atom. The zero-order chi connectivity index (χ0) is 13.7. The van der Waals surface area contributed by atoms with Crippen LogP contribution in [0.5, 0.6) is 5.75 Å². The van der Waals surface area contributed by atoms with Gasteiger partial charge in [0, 0.05) is 17.8 Å². The highest BCUT2D eigenvalue weighted by Gasteiger charge is 2.13. The summed E-state index contributed by atoms with van der Waals surface area (Å²) < 4.78 is 5.98. The molecule has 0 spiro atoms. The molecule has 0 aliphatic carbocycles. The van der Waals surface area contributed by atoms with Crippen molar-refractivity contribution in [3.8, 4) is 5.75 Å². The lowest BCUT2D eigenvalue weighted by Crippen LogP contribution is -2.15. The topological polar surface area (TPSA) is 51.0 Å². The second-order valence-electron chi connectivity index (χ2n) is 4.91. The molecule has 2 aromatic rings. The van der Waals surface area contributed by atoms with Crippen molar-refractivity contribution in [2.45, 2.75) is 26.2 Å². The standard InChI is InChI=1S/C16H22N2O/c1-12-5-3-7-16(13(12)2)19-11-14(8-9-17)15-6-4-10-18-15/h3-7,10,14,18H,8-9,11,17H2,1-2H3. The number of rotatable bonds is 6. The van der Waals surface area contributed by atoms with Gasteiger partial charge in [0.25, 0.3) is 0 Å². The minimum atomic E-state index is 0.319. The van der Waals surface area contributed by atoms with E-state index in [0.29, 0.717) is 19.1 Å². The van der Waals surface area contributed by atoms with Crippen LogP contribution in [0.15, 0.2) is 36.5 Å². The van der Waals surface area contributed by atoms with Crippen LogP contribution in [0.25, 0.3) is 0 Å². The molecule has 1 aromatic heterocycles. The fourth-order valence-corrected chi connectivity index (χ4v) is 2.20. The van der Waals surface area contributed by atoms with Crippen LogP contribution in [0.1, 0.15) is 29.2 Å². The molecule has 3 N–H and O–H groups in total. The maximum absolute atomic E-state index is 5.98. The molecule has 0 aliphatic heterocycles. The number of hydrogen-bond acceptors (Lipinski definition) is 2. The van der Waals surface area contributed by atoms with Crippen molar-refractivity contribution in [1.29, 1.82) is 0 Å². The van der Waals surface area contributed by atoms with Gasteiger partial charge in [0.2, 0.25) is 0 Å². The number of aromatic amines is 1. The van der Waals surface area contributed by atoms with Crippen LogP contribution in [0.3, 0.4) is 0 Å². The quantitative estimate of drug-likeness (QED) is 0.836. The number of hydrogen-bond donors (Lipinski definition) is 2. The monoisotopic (exact) mass is 258 g/mol. The lowest BCUT2D eigenvalue weighted by Gasteiger charge is -2.17. The van der Waals surface area contributed by atoms with Crippen LogP contribution in [0.2, 0.25) is 0 Å². The van der Waals surface area contributed by atoms with Crippen molar-refractivity contribution in [3.05, 3.63) is 53.3 Å². The minimum Gasteiger partial charge on any atom is -0.493 e. The Bertz CT molecular complexity index is 505. The Balaban J connectivity index is 2.05. The normalized spacial score (nSPS) is 12.4. The van der Waals surface area contributed by atoms with E-state index >= 15 is 0 Å². The van der Waals surface area contributed by atoms with E-state index in [-0.39, 0.29) is 0 Å². The first-order valence-electron chi connectivity index (χ1n) is 6.74. The molecule has 1 atom stereocenters. The summed E-state index contributed by atoms with van der Waals surface area (Å²) in [4.78, 5) is 3.25. The molecule has 3 nitrogen and oxygen atoms in total. The summed E-state index contributed by atoms with van der Waals surface area (Å²) in [5.41, 5.74) is 9.35. The van der Waals surface area contributed by atoms with Crippen LogP contribution >= 0.6 is 0 Å². The fourth-order valence-electron chi connectivity index (χ4n) is 2.20. The summed E-state index contributed by atoms with van der Waals surface area (Å²) in [7, 11) is 0. The summed E-state index contributed by atoms with van der Waals surface area (Å²) in [6.45, 7) is 5.52. The number of aromatic nitrogens is 1. The molecular weight excluding hydrogens is 236 g/mol. The Labute approximate surface area is 114 Å². The smallest absolute Gasteiger partial charge is 0.122 e. The molecule has 3 heteroatoms. The average Bonchev–Trinajstić information content (AvgIpc) is 2.93. The van der Waals surface area contributed by atoms with Gasteiger partial charge in [-0.3, -0.25) is 0 Å². The van der Waals surface area contributed by atoms with Crippen molar-refractivity contribution >= 4 is 0 Å². The number of nitrogens with two attached hydrogens (primary N) is 1. The molecular formula is C16H22N2O. The number of benzene rings is 1. The van der Waals surface area contributed by atoms with E-state index in [1.54, 1.807) is 0 Å². The lowest BCUT2D eigenvalue weighted by molar-refractivity contribution is 0.279. The number of H-pyrrole nitrogens is 1. The first kappa shape index (κ1) is 13.7. The van der Waals surface area contributed by atoms with Crippen LogP contribution in [0.4, 0.5) is 0 Å². The maximum atomic E-state index is 5.98. The van der Waals surface area contributed by atoms with Gasteiger partial charge in [-0.25, -0.2) is 0 Å². The van der Waals surface area contributed by atoms with Crippen LogP contribution in [-0.4, -0.2) is 18.1 Å². The van der Waals surface area contributed by atoms with Crippen molar-refractivity contribution in [2.75, 3.05) is 13.2 Å². The lowest BCUT2D eigenvalue weighted by atomic mass is 10.0. The summed E-state index contributed by atoms with van der Waals surface area (Å²) >= 11 is 0. The van der Waals surface area contributed by atoms with E-state index < -0.39 is 0 Å². The molecule has 0 saturated carbocycles. The first-order chi connectivity index (χ1) is 9.22. The number of aryl methyl sites for hydroxylation is 1. The van der Waals surface area contributed by atoms with Gasteiger partial charge in [0.1, 0.15) is 5.75 Å². The minimum absolute atomic E-state index is 0.319. The van der Waals surface area contributed by atoms with Crippen LogP contribution in [0, 0.1) is 13.8 Å². The Hall–Kier alpha value is -1.74. The van der Waals surface area contributed by atoms with Crippen LogP contribution in [-0.2, 0) is 0 Å². The average molecular weight is 258 g/mol. The summed E-state index contributed by atoms with van der Waals surface area (Å²) in [5.74, 6) is 1.29. The van der Waals surface area contributed by atoms with E-state index in [4.69, 9.17) is 10.5 Å². The van der Waals surface area contributed by atoms with Gasteiger partial charge in [-0.2, -0.15) is 0 Å². The van der Waals surface area contributed by atoms with E-state index in [0.717, 1.165) is 12.2 Å². The van der Waals surface area contributed by atoms with E-state index in [1.807, 2.05) is 24.4 Å². The molecule has 19 heavy (non-hydrogen) atoms. The third kappa shape index (κ3) is 3.38. The van der Waals surface area contributed by atoms with Gasteiger partial charge in [0.05, 0.1) is 6.61 Å². The largest absolute Gasteiger partial charge is 0.493 e. The molecule has 1 aromatic carbocycles. The highest BCUT2D eigenvalue weighted by Crippen LogP contribution is 2.24. The van der Waals surface area contributed by atoms with Crippen molar-refractivity contribution in [3.63, 3.8) is 0 Å².